The van der Waals surface area contributed by atoms with Gasteiger partial charge in [-0.25, -0.2) is 8.42 Å². The van der Waals surface area contributed by atoms with Gasteiger partial charge in [0.15, 0.2) is 9.84 Å². The number of rotatable bonds is 3. The molecule has 0 saturated carbocycles. The molecule has 2 aromatic rings. The molecule has 1 aliphatic carbocycles. The summed E-state index contributed by atoms with van der Waals surface area (Å²) in [6, 6.07) is 16.7. The third kappa shape index (κ3) is 2.47. The van der Waals surface area contributed by atoms with Crippen LogP contribution in [-0.4, -0.2) is 14.2 Å². The molecule has 0 radical (unpaired) electrons. The standard InChI is InChI=1S/C16H14O2S/c17-19(18,16-8-2-1-3-9-16)12-13-10-14-6-4-5-7-15(14)11-13/h1-10H,11-12H2. The number of benzene rings is 2. The molecule has 3 rings (SSSR count). The van der Waals surface area contributed by atoms with Gasteiger partial charge in [-0.05, 0) is 35.3 Å². The molecule has 0 fully saturated rings. The minimum atomic E-state index is -3.23. The highest BCUT2D eigenvalue weighted by atomic mass is 32.2. The molecule has 3 heteroatoms. The highest BCUT2D eigenvalue weighted by molar-refractivity contribution is 7.91. The van der Waals surface area contributed by atoms with Gasteiger partial charge in [0, 0.05) is 0 Å². The maximum Gasteiger partial charge on any atom is 0.182 e. The van der Waals surface area contributed by atoms with E-state index in [9.17, 15) is 8.42 Å². The van der Waals surface area contributed by atoms with E-state index in [0.29, 0.717) is 4.90 Å². The molecular weight excluding hydrogens is 256 g/mol. The fraction of sp³-hybridized carbons (Fsp3) is 0.125. The van der Waals surface area contributed by atoms with Crippen molar-refractivity contribution >= 4 is 15.9 Å². The van der Waals surface area contributed by atoms with Gasteiger partial charge >= 0.3 is 0 Å². The van der Waals surface area contributed by atoms with Gasteiger partial charge in [-0.3, -0.25) is 0 Å². The van der Waals surface area contributed by atoms with Crippen molar-refractivity contribution in [2.45, 2.75) is 11.3 Å². The monoisotopic (exact) mass is 270 g/mol. The topological polar surface area (TPSA) is 34.1 Å². The number of hydrogen-bond donors (Lipinski definition) is 0. The number of hydrogen-bond acceptors (Lipinski definition) is 2. The van der Waals surface area contributed by atoms with Gasteiger partial charge in [-0.15, -0.1) is 0 Å². The first kappa shape index (κ1) is 12.2. The molecule has 19 heavy (non-hydrogen) atoms. The average Bonchev–Trinajstić information content (AvgIpc) is 2.81. The zero-order valence-electron chi connectivity index (χ0n) is 10.4. The van der Waals surface area contributed by atoms with Crippen LogP contribution in [0.25, 0.3) is 6.08 Å². The van der Waals surface area contributed by atoms with E-state index in [1.54, 1.807) is 24.3 Å². The van der Waals surface area contributed by atoms with Crippen LogP contribution < -0.4 is 0 Å². The van der Waals surface area contributed by atoms with Crippen LogP contribution in [0.1, 0.15) is 11.1 Å². The maximum atomic E-state index is 12.3. The summed E-state index contributed by atoms with van der Waals surface area (Å²) in [6.07, 6.45) is 2.73. The molecule has 0 spiro atoms. The Balaban J connectivity index is 1.85. The molecule has 0 atom stereocenters. The summed E-state index contributed by atoms with van der Waals surface area (Å²) >= 11 is 0. The lowest BCUT2D eigenvalue weighted by Crippen LogP contribution is -2.09. The lowest BCUT2D eigenvalue weighted by atomic mass is 10.1. The Bertz CT molecular complexity index is 728. The van der Waals surface area contributed by atoms with E-state index in [0.717, 1.165) is 17.6 Å². The smallest absolute Gasteiger partial charge is 0.182 e. The Labute approximate surface area is 113 Å². The molecule has 1 aliphatic rings. The number of sulfone groups is 1. The summed E-state index contributed by atoms with van der Waals surface area (Å²) in [5.41, 5.74) is 3.31. The van der Waals surface area contributed by atoms with Crippen LogP contribution in [0.3, 0.4) is 0 Å². The third-order valence-electron chi connectivity index (χ3n) is 3.31. The summed E-state index contributed by atoms with van der Waals surface area (Å²) in [6.45, 7) is 0. The normalized spacial score (nSPS) is 14.0. The van der Waals surface area contributed by atoms with Crippen molar-refractivity contribution in [1.29, 1.82) is 0 Å². The van der Waals surface area contributed by atoms with Crippen LogP contribution in [0, 0.1) is 0 Å². The SMILES string of the molecule is O=S(=O)(CC1=Cc2ccccc2C1)c1ccccc1. The Morgan fingerprint density at radius 3 is 2.32 bits per heavy atom. The molecular formula is C16H14O2S. The molecule has 2 aromatic carbocycles. The summed E-state index contributed by atoms with van der Waals surface area (Å²) in [7, 11) is -3.23. The minimum Gasteiger partial charge on any atom is -0.223 e. The second-order valence-corrected chi connectivity index (χ2v) is 6.74. The molecule has 0 heterocycles. The lowest BCUT2D eigenvalue weighted by molar-refractivity contribution is 0.598. The van der Waals surface area contributed by atoms with Gasteiger partial charge in [-0.2, -0.15) is 0 Å². The number of fused-ring (bicyclic) bond motifs is 1. The van der Waals surface area contributed by atoms with Crippen LogP contribution in [0.5, 0.6) is 0 Å². The van der Waals surface area contributed by atoms with Gasteiger partial charge in [-0.1, -0.05) is 48.5 Å². The zero-order valence-corrected chi connectivity index (χ0v) is 11.2. The van der Waals surface area contributed by atoms with Crippen molar-refractivity contribution in [3.8, 4) is 0 Å². The van der Waals surface area contributed by atoms with Gasteiger partial charge < -0.3 is 0 Å². The van der Waals surface area contributed by atoms with Gasteiger partial charge in [0.05, 0.1) is 10.6 Å². The molecule has 0 aliphatic heterocycles. The lowest BCUT2D eigenvalue weighted by Gasteiger charge is -2.05. The summed E-state index contributed by atoms with van der Waals surface area (Å²) in [4.78, 5) is 0.395. The van der Waals surface area contributed by atoms with Crippen molar-refractivity contribution in [2.24, 2.45) is 0 Å². The van der Waals surface area contributed by atoms with E-state index in [1.165, 1.54) is 5.56 Å². The first-order valence-electron chi connectivity index (χ1n) is 6.20. The predicted molar refractivity (Wildman–Crippen MR) is 76.6 cm³/mol. The summed E-state index contributed by atoms with van der Waals surface area (Å²) in [5.74, 6) is 0.103. The Morgan fingerprint density at radius 2 is 1.58 bits per heavy atom. The van der Waals surface area contributed by atoms with E-state index in [1.807, 2.05) is 36.4 Å². The first-order valence-corrected chi connectivity index (χ1v) is 7.85. The van der Waals surface area contributed by atoms with Crippen LogP contribution in [0.4, 0.5) is 0 Å². The molecule has 0 aromatic heterocycles. The van der Waals surface area contributed by atoms with Crippen LogP contribution in [0.2, 0.25) is 0 Å². The second-order valence-electron chi connectivity index (χ2n) is 4.75. The highest BCUT2D eigenvalue weighted by Gasteiger charge is 2.20. The predicted octanol–water partition coefficient (Wildman–Crippen LogP) is 3.10. The fourth-order valence-electron chi connectivity index (χ4n) is 2.40. The summed E-state index contributed by atoms with van der Waals surface area (Å²) < 4.78 is 24.6. The van der Waals surface area contributed by atoms with Gasteiger partial charge in [0.25, 0.3) is 0 Å². The van der Waals surface area contributed by atoms with E-state index in [-0.39, 0.29) is 5.75 Å². The van der Waals surface area contributed by atoms with Crippen molar-refractivity contribution < 1.29 is 8.42 Å². The summed E-state index contributed by atoms with van der Waals surface area (Å²) in [5, 5.41) is 0. The molecule has 0 bridgehead atoms. The Hall–Kier alpha value is -1.87. The van der Waals surface area contributed by atoms with Gasteiger partial charge in [0.1, 0.15) is 0 Å². The van der Waals surface area contributed by atoms with Gasteiger partial charge in [0.2, 0.25) is 0 Å². The molecule has 0 N–H and O–H groups in total. The maximum absolute atomic E-state index is 12.3. The fourth-order valence-corrected chi connectivity index (χ4v) is 3.81. The van der Waals surface area contributed by atoms with Crippen molar-refractivity contribution in [1.82, 2.24) is 0 Å². The van der Waals surface area contributed by atoms with Crippen LogP contribution in [0.15, 0.2) is 65.1 Å². The largest absolute Gasteiger partial charge is 0.223 e. The Kier molecular flexibility index (Phi) is 2.99. The van der Waals surface area contributed by atoms with Crippen molar-refractivity contribution in [2.75, 3.05) is 5.75 Å². The molecule has 2 nitrogen and oxygen atoms in total. The van der Waals surface area contributed by atoms with Crippen molar-refractivity contribution in [3.63, 3.8) is 0 Å². The quantitative estimate of drug-likeness (QED) is 0.859. The Morgan fingerprint density at radius 1 is 0.895 bits per heavy atom. The second kappa shape index (κ2) is 4.67. The average molecular weight is 270 g/mol. The minimum absolute atomic E-state index is 0.103. The van der Waals surface area contributed by atoms with E-state index >= 15 is 0 Å². The molecule has 0 saturated heterocycles. The molecule has 0 unspecified atom stereocenters. The zero-order chi connectivity index (χ0) is 13.3. The highest BCUT2D eigenvalue weighted by Crippen LogP contribution is 2.26. The molecule has 96 valence electrons. The van der Waals surface area contributed by atoms with E-state index < -0.39 is 9.84 Å². The third-order valence-corrected chi connectivity index (χ3v) is 5.05. The van der Waals surface area contributed by atoms with Crippen molar-refractivity contribution in [3.05, 3.63) is 71.3 Å². The molecule has 0 amide bonds. The van der Waals surface area contributed by atoms with E-state index in [2.05, 4.69) is 0 Å². The van der Waals surface area contributed by atoms with Crippen LogP contribution in [-0.2, 0) is 16.3 Å². The van der Waals surface area contributed by atoms with E-state index in [4.69, 9.17) is 0 Å². The first-order chi connectivity index (χ1) is 9.15. The van der Waals surface area contributed by atoms with Crippen LogP contribution >= 0.6 is 0 Å².